The minimum Gasteiger partial charge on any atom is -0.494 e. The third-order valence-electron chi connectivity index (χ3n) is 2.93. The smallest absolute Gasteiger partial charge is 0.331 e. The van der Waals surface area contributed by atoms with Crippen LogP contribution in [0.4, 0.5) is 4.39 Å². The number of hydrogen-bond donors (Lipinski definition) is 2. The Bertz CT molecular complexity index is 701. The Balaban J connectivity index is 2.25. The van der Waals surface area contributed by atoms with Gasteiger partial charge in [0.05, 0.1) is 5.56 Å². The van der Waals surface area contributed by atoms with E-state index in [4.69, 9.17) is 0 Å². The fourth-order valence-electron chi connectivity index (χ4n) is 1.76. The van der Waals surface area contributed by atoms with E-state index in [1.807, 2.05) is 0 Å². The molecule has 0 aliphatic carbocycles. The third kappa shape index (κ3) is 2.73. The molecule has 0 aliphatic rings. The van der Waals surface area contributed by atoms with Gasteiger partial charge < -0.3 is 5.11 Å². The lowest BCUT2D eigenvalue weighted by atomic mass is 10.1. The Kier molecular flexibility index (Phi) is 3.50. The fourth-order valence-corrected chi connectivity index (χ4v) is 1.76. The summed E-state index contributed by atoms with van der Waals surface area (Å²) in [4.78, 5) is 25.0. The maximum Gasteiger partial charge on any atom is 0.331 e. The van der Waals surface area contributed by atoms with Crippen LogP contribution < -0.4 is 11.2 Å². The second-order valence-electron chi connectivity index (χ2n) is 4.24. The number of aromatic amines is 1. The average molecular weight is 264 g/mol. The van der Waals surface area contributed by atoms with Crippen LogP contribution in [0.25, 0.3) is 0 Å². The minimum atomic E-state index is -0.657. The Morgan fingerprint density at radius 3 is 2.53 bits per heavy atom. The standard InChI is InChI=1S/C13H13FN2O3/c1-8-11(17)15-13(19)16(12(8)18)7-6-9-2-4-10(14)5-3-9/h2-5,18H,6-7H2,1H3,(H,15,17,19). The van der Waals surface area contributed by atoms with Crippen LogP contribution in [0.2, 0.25) is 0 Å². The molecule has 0 saturated heterocycles. The van der Waals surface area contributed by atoms with Crippen molar-refractivity contribution in [1.82, 2.24) is 9.55 Å². The molecule has 2 aromatic rings. The molecule has 0 amide bonds. The van der Waals surface area contributed by atoms with Gasteiger partial charge in [-0.2, -0.15) is 0 Å². The predicted octanol–water partition coefficient (Wildman–Crippen LogP) is 0.932. The second-order valence-corrected chi connectivity index (χ2v) is 4.24. The highest BCUT2D eigenvalue weighted by Crippen LogP contribution is 2.10. The van der Waals surface area contributed by atoms with Crippen LogP contribution in [-0.2, 0) is 13.0 Å². The number of benzene rings is 1. The highest BCUT2D eigenvalue weighted by Gasteiger charge is 2.09. The van der Waals surface area contributed by atoms with Crippen molar-refractivity contribution in [2.45, 2.75) is 19.9 Å². The van der Waals surface area contributed by atoms with Gasteiger partial charge >= 0.3 is 5.69 Å². The number of halogens is 1. The molecule has 100 valence electrons. The van der Waals surface area contributed by atoms with Gasteiger partial charge in [0, 0.05) is 6.54 Å². The summed E-state index contributed by atoms with van der Waals surface area (Å²) in [6.07, 6.45) is 0.444. The van der Waals surface area contributed by atoms with Gasteiger partial charge in [0.2, 0.25) is 5.88 Å². The first-order chi connectivity index (χ1) is 8.99. The van der Waals surface area contributed by atoms with Gasteiger partial charge in [-0.1, -0.05) is 12.1 Å². The van der Waals surface area contributed by atoms with Gasteiger partial charge in [0.25, 0.3) is 5.56 Å². The molecule has 2 rings (SSSR count). The molecule has 1 aromatic carbocycles. The van der Waals surface area contributed by atoms with E-state index >= 15 is 0 Å². The molecule has 0 saturated carbocycles. The quantitative estimate of drug-likeness (QED) is 0.866. The van der Waals surface area contributed by atoms with Crippen molar-refractivity contribution >= 4 is 0 Å². The van der Waals surface area contributed by atoms with E-state index in [0.717, 1.165) is 10.1 Å². The molecule has 1 heterocycles. The van der Waals surface area contributed by atoms with Crippen LogP contribution >= 0.6 is 0 Å². The highest BCUT2D eigenvalue weighted by molar-refractivity contribution is 5.21. The highest BCUT2D eigenvalue weighted by atomic mass is 19.1. The van der Waals surface area contributed by atoms with Crippen molar-refractivity contribution in [3.05, 3.63) is 62.0 Å². The molecule has 0 bridgehead atoms. The molecule has 0 aliphatic heterocycles. The Morgan fingerprint density at radius 1 is 1.26 bits per heavy atom. The van der Waals surface area contributed by atoms with Gasteiger partial charge in [-0.3, -0.25) is 14.3 Å². The zero-order valence-electron chi connectivity index (χ0n) is 10.3. The monoisotopic (exact) mass is 264 g/mol. The van der Waals surface area contributed by atoms with Crippen LogP contribution in [0.3, 0.4) is 0 Å². The number of hydrogen-bond acceptors (Lipinski definition) is 3. The summed E-state index contributed by atoms with van der Waals surface area (Å²) < 4.78 is 13.8. The summed E-state index contributed by atoms with van der Waals surface area (Å²) in [6.45, 7) is 1.63. The summed E-state index contributed by atoms with van der Waals surface area (Å²) in [7, 11) is 0. The lowest BCUT2D eigenvalue weighted by Gasteiger charge is -2.09. The molecule has 19 heavy (non-hydrogen) atoms. The molecule has 0 fully saturated rings. The van der Waals surface area contributed by atoms with Gasteiger partial charge in [0.15, 0.2) is 0 Å². The van der Waals surface area contributed by atoms with Crippen molar-refractivity contribution in [2.75, 3.05) is 0 Å². The minimum absolute atomic E-state index is 0.0960. The SMILES string of the molecule is Cc1c(O)n(CCc2ccc(F)cc2)c(=O)[nH]c1=O. The zero-order valence-corrected chi connectivity index (χ0v) is 10.3. The van der Waals surface area contributed by atoms with E-state index in [9.17, 15) is 19.1 Å². The summed E-state index contributed by atoms with van der Waals surface area (Å²) in [5, 5.41) is 9.76. The molecule has 5 nitrogen and oxygen atoms in total. The average Bonchev–Trinajstić information content (AvgIpc) is 2.38. The summed E-state index contributed by atoms with van der Waals surface area (Å²) in [6, 6.07) is 5.87. The predicted molar refractivity (Wildman–Crippen MR) is 67.8 cm³/mol. The lowest BCUT2D eigenvalue weighted by Crippen LogP contribution is -2.31. The number of rotatable bonds is 3. The molecule has 6 heteroatoms. The van der Waals surface area contributed by atoms with Gasteiger partial charge in [-0.15, -0.1) is 0 Å². The molecule has 0 spiro atoms. The number of nitrogens with zero attached hydrogens (tertiary/aromatic N) is 1. The van der Waals surface area contributed by atoms with Crippen LogP contribution in [0, 0.1) is 12.7 Å². The fraction of sp³-hybridized carbons (Fsp3) is 0.231. The third-order valence-corrected chi connectivity index (χ3v) is 2.93. The van der Waals surface area contributed by atoms with E-state index < -0.39 is 11.2 Å². The molecule has 0 unspecified atom stereocenters. The number of aryl methyl sites for hydroxylation is 1. The van der Waals surface area contributed by atoms with Crippen LogP contribution in [0.5, 0.6) is 5.88 Å². The molecule has 2 N–H and O–H groups in total. The van der Waals surface area contributed by atoms with Crippen LogP contribution in [0.15, 0.2) is 33.9 Å². The molecule has 1 aromatic heterocycles. The first-order valence-corrected chi connectivity index (χ1v) is 5.76. The van der Waals surface area contributed by atoms with E-state index in [1.54, 1.807) is 12.1 Å². The van der Waals surface area contributed by atoms with Crippen molar-refractivity contribution in [3.8, 4) is 5.88 Å². The van der Waals surface area contributed by atoms with Crippen LogP contribution in [0.1, 0.15) is 11.1 Å². The molecular weight excluding hydrogens is 251 g/mol. The summed E-state index contributed by atoms with van der Waals surface area (Å²) in [5.41, 5.74) is -0.328. The lowest BCUT2D eigenvalue weighted by molar-refractivity contribution is 0.395. The van der Waals surface area contributed by atoms with Crippen LogP contribution in [-0.4, -0.2) is 14.7 Å². The maximum atomic E-state index is 12.7. The Hall–Kier alpha value is -2.37. The molecular formula is C13H13FN2O3. The van der Waals surface area contributed by atoms with Crippen molar-refractivity contribution in [2.24, 2.45) is 0 Å². The van der Waals surface area contributed by atoms with Gasteiger partial charge in [-0.25, -0.2) is 9.18 Å². The van der Waals surface area contributed by atoms with Gasteiger partial charge in [-0.05, 0) is 31.0 Å². The van der Waals surface area contributed by atoms with Crippen molar-refractivity contribution in [1.29, 1.82) is 0 Å². The van der Waals surface area contributed by atoms with E-state index in [-0.39, 0.29) is 23.8 Å². The maximum absolute atomic E-state index is 12.7. The normalized spacial score (nSPS) is 10.6. The number of aromatic nitrogens is 2. The van der Waals surface area contributed by atoms with E-state index in [2.05, 4.69) is 4.98 Å². The Labute approximate surface area is 108 Å². The summed E-state index contributed by atoms with van der Waals surface area (Å²) in [5.74, 6) is -0.667. The number of H-pyrrole nitrogens is 1. The second kappa shape index (κ2) is 5.09. The zero-order chi connectivity index (χ0) is 14.0. The molecule has 0 radical (unpaired) electrons. The number of aromatic hydroxyl groups is 1. The van der Waals surface area contributed by atoms with E-state index in [1.165, 1.54) is 19.1 Å². The summed E-state index contributed by atoms with van der Waals surface area (Å²) >= 11 is 0. The number of nitrogens with one attached hydrogen (secondary N) is 1. The van der Waals surface area contributed by atoms with Crippen molar-refractivity contribution < 1.29 is 9.50 Å². The first kappa shape index (κ1) is 13.1. The first-order valence-electron chi connectivity index (χ1n) is 5.76. The Morgan fingerprint density at radius 2 is 1.89 bits per heavy atom. The van der Waals surface area contributed by atoms with Gasteiger partial charge in [0.1, 0.15) is 5.82 Å². The van der Waals surface area contributed by atoms with Crippen molar-refractivity contribution in [3.63, 3.8) is 0 Å². The van der Waals surface area contributed by atoms with E-state index in [0.29, 0.717) is 6.42 Å². The molecule has 0 atom stereocenters. The topological polar surface area (TPSA) is 75.1 Å². The largest absolute Gasteiger partial charge is 0.494 e.